The van der Waals surface area contributed by atoms with Crippen molar-refractivity contribution in [3.8, 4) is 0 Å². The van der Waals surface area contributed by atoms with Crippen molar-refractivity contribution in [2.45, 2.75) is 78.1 Å². The summed E-state index contributed by atoms with van der Waals surface area (Å²) in [5.41, 5.74) is 0. The van der Waals surface area contributed by atoms with E-state index in [-0.39, 0.29) is 6.61 Å². The van der Waals surface area contributed by atoms with Crippen molar-refractivity contribution in [1.29, 1.82) is 0 Å². The van der Waals surface area contributed by atoms with Gasteiger partial charge in [0, 0.05) is 0 Å². The highest BCUT2D eigenvalue weighted by Crippen LogP contribution is 2.25. The van der Waals surface area contributed by atoms with Crippen molar-refractivity contribution in [3.05, 3.63) is 12.3 Å². The molecule has 0 aromatic rings. The SMILES string of the molecule is CC=COCCOOOOOCCCCCCCCCCCC.O=P(O)(O)O. The second-order valence-electron chi connectivity index (χ2n) is 5.88. The van der Waals surface area contributed by atoms with Gasteiger partial charge < -0.3 is 19.4 Å². The van der Waals surface area contributed by atoms with Gasteiger partial charge in [-0.3, -0.25) is 0 Å². The minimum atomic E-state index is -4.64. The van der Waals surface area contributed by atoms with Gasteiger partial charge in [-0.05, 0) is 28.5 Å². The molecule has 10 nitrogen and oxygen atoms in total. The van der Waals surface area contributed by atoms with Crippen LogP contribution in [-0.4, -0.2) is 34.5 Å². The molecule has 0 saturated carbocycles. The zero-order valence-electron chi connectivity index (χ0n) is 17.0. The Morgan fingerprint density at radius 3 is 1.68 bits per heavy atom. The first-order valence-corrected chi connectivity index (χ1v) is 11.2. The molecule has 0 atom stereocenters. The van der Waals surface area contributed by atoms with E-state index >= 15 is 0 Å². The third-order valence-electron chi connectivity index (χ3n) is 3.25. The molecule has 0 saturated heterocycles. The fourth-order valence-corrected chi connectivity index (χ4v) is 2.01. The first-order chi connectivity index (χ1) is 13.4. The van der Waals surface area contributed by atoms with Crippen LogP contribution in [0.2, 0.25) is 0 Å². The Balaban J connectivity index is 0. The quantitative estimate of drug-likeness (QED) is 0.0893. The molecule has 0 aromatic carbocycles. The zero-order valence-corrected chi connectivity index (χ0v) is 17.9. The second-order valence-corrected chi connectivity index (χ2v) is 6.91. The van der Waals surface area contributed by atoms with Gasteiger partial charge in [-0.1, -0.05) is 70.8 Å². The number of rotatable bonds is 19. The topological polar surface area (TPSA) is 133 Å². The minimum Gasteiger partial charge on any atom is -0.499 e. The Labute approximate surface area is 167 Å². The van der Waals surface area contributed by atoms with Gasteiger partial charge in [0.25, 0.3) is 0 Å². The molecule has 0 unspecified atom stereocenters. The van der Waals surface area contributed by atoms with Crippen molar-refractivity contribution in [2.75, 3.05) is 19.8 Å². The summed E-state index contributed by atoms with van der Waals surface area (Å²) in [6.45, 7) is 5.18. The molecule has 0 spiro atoms. The molecular weight excluding hydrogens is 395 g/mol. The van der Waals surface area contributed by atoms with Crippen LogP contribution < -0.4 is 0 Å². The maximum atomic E-state index is 8.88. The van der Waals surface area contributed by atoms with Gasteiger partial charge in [0.05, 0.1) is 12.9 Å². The predicted molar refractivity (Wildman–Crippen MR) is 102 cm³/mol. The molecule has 0 radical (unpaired) electrons. The van der Waals surface area contributed by atoms with Crippen LogP contribution in [0.4, 0.5) is 0 Å². The highest BCUT2D eigenvalue weighted by atomic mass is 31.2. The van der Waals surface area contributed by atoms with E-state index in [1.807, 2.05) is 6.92 Å². The predicted octanol–water partition coefficient (Wildman–Crippen LogP) is 4.27. The molecular formula is C17H37O10P. The third-order valence-corrected chi connectivity index (χ3v) is 3.25. The van der Waals surface area contributed by atoms with Crippen LogP contribution in [0.15, 0.2) is 12.3 Å². The molecule has 170 valence electrons. The van der Waals surface area contributed by atoms with Crippen molar-refractivity contribution in [2.24, 2.45) is 0 Å². The van der Waals surface area contributed by atoms with Gasteiger partial charge in [0.1, 0.15) is 13.2 Å². The van der Waals surface area contributed by atoms with Crippen LogP contribution in [0.3, 0.4) is 0 Å². The molecule has 0 aliphatic heterocycles. The van der Waals surface area contributed by atoms with Gasteiger partial charge >= 0.3 is 7.82 Å². The van der Waals surface area contributed by atoms with E-state index in [1.165, 1.54) is 51.4 Å². The summed E-state index contributed by atoms with van der Waals surface area (Å²) in [5, 5.41) is 12.8. The smallest absolute Gasteiger partial charge is 0.466 e. The average Bonchev–Trinajstić information content (AvgIpc) is 2.62. The van der Waals surface area contributed by atoms with Crippen molar-refractivity contribution >= 4 is 7.82 Å². The van der Waals surface area contributed by atoms with Crippen LogP contribution in [0.25, 0.3) is 0 Å². The molecule has 0 fully saturated rings. The van der Waals surface area contributed by atoms with Crippen molar-refractivity contribution in [3.63, 3.8) is 0 Å². The highest BCUT2D eigenvalue weighted by molar-refractivity contribution is 7.45. The standard InChI is InChI=1S/C17H34O6.H3O4P/c1-3-5-6-7-8-9-10-11-12-13-15-19-21-23-22-20-17-16-18-14-4-2;1-5(2,3)4/h4,14H,3,5-13,15-17H2,1-2H3;(H3,1,2,3,4). The van der Waals surface area contributed by atoms with E-state index in [2.05, 4.69) is 26.9 Å². The van der Waals surface area contributed by atoms with Crippen molar-refractivity contribution < 1.29 is 48.9 Å². The number of hydrogen-bond donors (Lipinski definition) is 3. The van der Waals surface area contributed by atoms with Gasteiger partial charge in [0.2, 0.25) is 0 Å². The summed E-state index contributed by atoms with van der Waals surface area (Å²) in [5.74, 6) is 0. The van der Waals surface area contributed by atoms with E-state index in [0.29, 0.717) is 13.2 Å². The lowest BCUT2D eigenvalue weighted by Crippen LogP contribution is -2.05. The molecule has 0 aliphatic carbocycles. The number of hydrogen-bond acceptors (Lipinski definition) is 7. The fourth-order valence-electron chi connectivity index (χ4n) is 2.01. The Morgan fingerprint density at radius 1 is 0.714 bits per heavy atom. The maximum absolute atomic E-state index is 8.88. The minimum absolute atomic E-state index is 0.228. The number of allylic oxidation sites excluding steroid dienone is 1. The summed E-state index contributed by atoms with van der Waals surface area (Å²) >= 11 is 0. The van der Waals surface area contributed by atoms with E-state index in [1.54, 1.807) is 12.3 Å². The Morgan fingerprint density at radius 2 is 1.18 bits per heavy atom. The molecule has 0 bridgehead atoms. The number of unbranched alkanes of at least 4 members (excludes halogenated alkanes) is 9. The first kappa shape index (κ1) is 29.6. The van der Waals surface area contributed by atoms with Crippen LogP contribution in [0, 0.1) is 0 Å². The van der Waals surface area contributed by atoms with E-state index < -0.39 is 7.82 Å². The first-order valence-electron chi connectivity index (χ1n) is 9.67. The lowest BCUT2D eigenvalue weighted by Gasteiger charge is -2.03. The monoisotopic (exact) mass is 432 g/mol. The van der Waals surface area contributed by atoms with Crippen LogP contribution in [0.5, 0.6) is 0 Å². The molecule has 28 heavy (non-hydrogen) atoms. The summed E-state index contributed by atoms with van der Waals surface area (Å²) in [6.07, 6.45) is 16.1. The molecule has 3 N–H and O–H groups in total. The van der Waals surface area contributed by atoms with Gasteiger partial charge in [-0.2, -0.15) is 0 Å². The molecule has 0 heterocycles. The van der Waals surface area contributed by atoms with Gasteiger partial charge in [0.15, 0.2) is 0 Å². The summed E-state index contributed by atoms with van der Waals surface area (Å²) in [4.78, 5) is 30.9. The van der Waals surface area contributed by atoms with E-state index in [0.717, 1.165) is 12.8 Å². The lowest BCUT2D eigenvalue weighted by atomic mass is 10.1. The van der Waals surface area contributed by atoms with E-state index in [4.69, 9.17) is 28.9 Å². The van der Waals surface area contributed by atoms with Crippen LogP contribution in [0.1, 0.15) is 78.1 Å². The van der Waals surface area contributed by atoms with E-state index in [9.17, 15) is 0 Å². The van der Waals surface area contributed by atoms with Crippen LogP contribution in [-0.2, 0) is 34.2 Å². The van der Waals surface area contributed by atoms with Crippen LogP contribution >= 0.6 is 7.82 Å². The highest BCUT2D eigenvalue weighted by Gasteiger charge is 2.00. The molecule has 0 rings (SSSR count). The zero-order chi connectivity index (χ0) is 21.3. The Kier molecular flexibility index (Phi) is 25.9. The Hall–Kier alpha value is -0.550. The fraction of sp³-hybridized carbons (Fsp3) is 0.882. The average molecular weight is 432 g/mol. The van der Waals surface area contributed by atoms with Crippen molar-refractivity contribution in [1.82, 2.24) is 0 Å². The summed E-state index contributed by atoms with van der Waals surface area (Å²) in [7, 11) is -4.64. The Bertz CT molecular complexity index is 354. The normalized spacial score (nSPS) is 11.5. The molecule has 0 amide bonds. The number of phosphoric acid groups is 1. The number of ether oxygens (including phenoxy) is 1. The van der Waals surface area contributed by atoms with Gasteiger partial charge in [-0.15, -0.1) is 0 Å². The van der Waals surface area contributed by atoms with Gasteiger partial charge in [-0.25, -0.2) is 14.3 Å². The summed E-state index contributed by atoms with van der Waals surface area (Å²) < 4.78 is 13.9. The third kappa shape index (κ3) is 40.2. The summed E-state index contributed by atoms with van der Waals surface area (Å²) in [6, 6.07) is 0. The molecule has 0 aliphatic rings. The molecule has 11 heteroatoms. The second kappa shape index (κ2) is 24.5. The largest absolute Gasteiger partial charge is 0.499 e. The lowest BCUT2D eigenvalue weighted by molar-refractivity contribution is -0.708. The molecule has 0 aromatic heterocycles. The maximum Gasteiger partial charge on any atom is 0.466 e.